The molecule has 6 nitrogen and oxygen atoms in total. The van der Waals surface area contributed by atoms with Crippen molar-refractivity contribution in [3.8, 4) is 5.75 Å². The van der Waals surface area contributed by atoms with Crippen molar-refractivity contribution < 1.29 is 9.90 Å². The minimum atomic E-state index is -0.728. The molecule has 104 valence electrons. The highest BCUT2D eigenvalue weighted by Crippen LogP contribution is 2.12. The SMILES string of the molecule is N[C@H](Cc1ccc(O)cc1)C(=O)Nc1cc(Cl)ncn1. The van der Waals surface area contributed by atoms with Crippen molar-refractivity contribution in [3.05, 3.63) is 47.4 Å². The van der Waals surface area contributed by atoms with Gasteiger partial charge in [0, 0.05) is 6.07 Å². The minimum Gasteiger partial charge on any atom is -0.508 e. The van der Waals surface area contributed by atoms with E-state index < -0.39 is 6.04 Å². The van der Waals surface area contributed by atoms with Gasteiger partial charge < -0.3 is 16.2 Å². The molecule has 0 bridgehead atoms. The molecule has 1 aromatic carbocycles. The highest BCUT2D eigenvalue weighted by atomic mass is 35.5. The van der Waals surface area contributed by atoms with Crippen LogP contribution < -0.4 is 11.1 Å². The van der Waals surface area contributed by atoms with Crippen molar-refractivity contribution in [1.82, 2.24) is 9.97 Å². The van der Waals surface area contributed by atoms with Gasteiger partial charge >= 0.3 is 0 Å². The van der Waals surface area contributed by atoms with Crippen molar-refractivity contribution >= 4 is 23.3 Å². The average molecular weight is 293 g/mol. The Bertz CT molecular complexity index is 604. The second-order valence-electron chi connectivity index (χ2n) is 4.19. The summed E-state index contributed by atoms with van der Waals surface area (Å²) in [5, 5.41) is 12.0. The van der Waals surface area contributed by atoms with Crippen LogP contribution in [0.4, 0.5) is 5.82 Å². The van der Waals surface area contributed by atoms with E-state index >= 15 is 0 Å². The molecule has 0 unspecified atom stereocenters. The van der Waals surface area contributed by atoms with Gasteiger partial charge in [-0.25, -0.2) is 9.97 Å². The zero-order valence-electron chi connectivity index (χ0n) is 10.5. The Morgan fingerprint density at radius 2 is 2.05 bits per heavy atom. The van der Waals surface area contributed by atoms with E-state index in [4.69, 9.17) is 17.3 Å². The number of aromatic nitrogens is 2. The molecular formula is C13H13ClN4O2. The smallest absolute Gasteiger partial charge is 0.242 e. The molecule has 0 aliphatic rings. The molecule has 2 rings (SSSR count). The Morgan fingerprint density at radius 1 is 1.35 bits per heavy atom. The average Bonchev–Trinajstić information content (AvgIpc) is 2.41. The summed E-state index contributed by atoms with van der Waals surface area (Å²) in [5.74, 6) is 0.103. The van der Waals surface area contributed by atoms with Gasteiger partial charge in [-0.2, -0.15) is 0 Å². The number of anilines is 1. The van der Waals surface area contributed by atoms with E-state index in [0.717, 1.165) is 5.56 Å². The first-order chi connectivity index (χ1) is 9.54. The summed E-state index contributed by atoms with van der Waals surface area (Å²) in [6.45, 7) is 0. The number of phenolic OH excluding ortho intramolecular Hbond substituents is 1. The fraction of sp³-hybridized carbons (Fsp3) is 0.154. The summed E-state index contributed by atoms with van der Waals surface area (Å²) in [5.41, 5.74) is 6.68. The Balaban J connectivity index is 1.96. The van der Waals surface area contributed by atoms with Gasteiger partial charge in [0.05, 0.1) is 6.04 Å². The zero-order valence-corrected chi connectivity index (χ0v) is 11.2. The van der Waals surface area contributed by atoms with Crippen LogP contribution in [0.1, 0.15) is 5.56 Å². The van der Waals surface area contributed by atoms with E-state index in [1.807, 2.05) is 0 Å². The molecule has 4 N–H and O–H groups in total. The molecule has 0 fully saturated rings. The van der Waals surface area contributed by atoms with Gasteiger partial charge in [0.1, 0.15) is 23.0 Å². The van der Waals surface area contributed by atoms with Crippen LogP contribution in [-0.4, -0.2) is 27.0 Å². The van der Waals surface area contributed by atoms with Gasteiger partial charge in [0.2, 0.25) is 5.91 Å². The largest absolute Gasteiger partial charge is 0.508 e. The van der Waals surface area contributed by atoms with Crippen molar-refractivity contribution in [3.63, 3.8) is 0 Å². The minimum absolute atomic E-state index is 0.169. The molecule has 7 heteroatoms. The summed E-state index contributed by atoms with van der Waals surface area (Å²) in [6, 6.07) is 7.23. The topological polar surface area (TPSA) is 101 Å². The molecule has 1 heterocycles. The molecule has 0 aliphatic carbocycles. The second-order valence-corrected chi connectivity index (χ2v) is 4.58. The molecule has 2 aromatic rings. The van der Waals surface area contributed by atoms with Gasteiger partial charge in [-0.15, -0.1) is 0 Å². The highest BCUT2D eigenvalue weighted by Gasteiger charge is 2.15. The van der Waals surface area contributed by atoms with Gasteiger partial charge in [0.15, 0.2) is 0 Å². The van der Waals surface area contributed by atoms with E-state index in [9.17, 15) is 9.90 Å². The maximum absolute atomic E-state index is 11.9. The third-order valence-corrected chi connectivity index (χ3v) is 2.82. The molecule has 0 saturated heterocycles. The van der Waals surface area contributed by atoms with Crippen LogP contribution in [0.5, 0.6) is 5.75 Å². The third-order valence-electron chi connectivity index (χ3n) is 2.61. The Hall–Kier alpha value is -2.18. The summed E-state index contributed by atoms with van der Waals surface area (Å²) in [4.78, 5) is 19.5. The van der Waals surface area contributed by atoms with Crippen LogP contribution in [-0.2, 0) is 11.2 Å². The number of nitrogens with two attached hydrogens (primary N) is 1. The molecule has 20 heavy (non-hydrogen) atoms. The number of phenols is 1. The van der Waals surface area contributed by atoms with Crippen LogP contribution in [0.2, 0.25) is 5.15 Å². The first kappa shape index (κ1) is 14.2. The monoisotopic (exact) mass is 292 g/mol. The quantitative estimate of drug-likeness (QED) is 0.738. The number of nitrogens with one attached hydrogen (secondary N) is 1. The van der Waals surface area contributed by atoms with Gasteiger partial charge in [0.25, 0.3) is 0 Å². The van der Waals surface area contributed by atoms with E-state index in [1.54, 1.807) is 24.3 Å². The number of hydrogen-bond acceptors (Lipinski definition) is 5. The first-order valence-electron chi connectivity index (χ1n) is 5.86. The molecular weight excluding hydrogens is 280 g/mol. The fourth-order valence-corrected chi connectivity index (χ4v) is 1.75. The lowest BCUT2D eigenvalue weighted by Gasteiger charge is -2.11. The summed E-state index contributed by atoms with van der Waals surface area (Å²) < 4.78 is 0. The van der Waals surface area contributed by atoms with Gasteiger partial charge in [-0.1, -0.05) is 23.7 Å². The standard InChI is InChI=1S/C13H13ClN4O2/c14-11-6-12(17-7-16-11)18-13(20)10(15)5-8-1-3-9(19)4-2-8/h1-4,6-7,10,19H,5,15H2,(H,16,17,18,20)/t10-/m1/s1. The molecule has 1 amide bonds. The number of carbonyl (C=O) groups is 1. The molecule has 0 saturated carbocycles. The van der Waals surface area contributed by atoms with E-state index in [2.05, 4.69) is 15.3 Å². The predicted octanol–water partition coefficient (Wildman–Crippen LogP) is 1.34. The van der Waals surface area contributed by atoms with E-state index in [0.29, 0.717) is 12.2 Å². The van der Waals surface area contributed by atoms with Crippen molar-refractivity contribution in [2.75, 3.05) is 5.32 Å². The number of nitrogens with zero attached hydrogens (tertiary/aromatic N) is 2. The maximum Gasteiger partial charge on any atom is 0.242 e. The Kier molecular flexibility index (Phi) is 4.49. The predicted molar refractivity (Wildman–Crippen MR) is 75.5 cm³/mol. The number of rotatable bonds is 4. The lowest BCUT2D eigenvalue weighted by atomic mass is 10.1. The number of aromatic hydroxyl groups is 1. The summed E-state index contributed by atoms with van der Waals surface area (Å²) in [6.07, 6.45) is 1.61. The van der Waals surface area contributed by atoms with Crippen LogP contribution in [0.15, 0.2) is 36.7 Å². The Morgan fingerprint density at radius 3 is 2.70 bits per heavy atom. The number of benzene rings is 1. The van der Waals surface area contributed by atoms with Crippen molar-refractivity contribution in [2.45, 2.75) is 12.5 Å². The molecule has 1 atom stereocenters. The number of hydrogen-bond donors (Lipinski definition) is 3. The van der Waals surface area contributed by atoms with Crippen molar-refractivity contribution in [2.24, 2.45) is 5.73 Å². The lowest BCUT2D eigenvalue weighted by molar-refractivity contribution is -0.117. The van der Waals surface area contributed by atoms with Crippen molar-refractivity contribution in [1.29, 1.82) is 0 Å². The van der Waals surface area contributed by atoms with E-state index in [1.165, 1.54) is 12.4 Å². The normalized spacial score (nSPS) is 11.9. The van der Waals surface area contributed by atoms with Gasteiger partial charge in [-0.3, -0.25) is 4.79 Å². The number of carbonyl (C=O) groups excluding carboxylic acids is 1. The maximum atomic E-state index is 11.9. The number of amides is 1. The lowest BCUT2D eigenvalue weighted by Crippen LogP contribution is -2.37. The third kappa shape index (κ3) is 3.91. The zero-order chi connectivity index (χ0) is 14.5. The molecule has 1 aromatic heterocycles. The van der Waals surface area contributed by atoms with Crippen LogP contribution in [0.25, 0.3) is 0 Å². The fourth-order valence-electron chi connectivity index (χ4n) is 1.60. The first-order valence-corrected chi connectivity index (χ1v) is 6.24. The van der Waals surface area contributed by atoms with Crippen LogP contribution >= 0.6 is 11.6 Å². The van der Waals surface area contributed by atoms with E-state index in [-0.39, 0.29) is 16.8 Å². The van der Waals surface area contributed by atoms with Crippen LogP contribution in [0.3, 0.4) is 0 Å². The molecule has 0 spiro atoms. The van der Waals surface area contributed by atoms with Crippen LogP contribution in [0, 0.1) is 0 Å². The Labute approximate surface area is 120 Å². The highest BCUT2D eigenvalue weighted by molar-refractivity contribution is 6.29. The van der Waals surface area contributed by atoms with Gasteiger partial charge in [-0.05, 0) is 24.1 Å². The molecule has 0 radical (unpaired) electrons. The second kappa shape index (κ2) is 6.31. The summed E-state index contributed by atoms with van der Waals surface area (Å²) >= 11 is 5.70. The number of halogens is 1. The molecule has 0 aliphatic heterocycles. The summed E-state index contributed by atoms with van der Waals surface area (Å²) in [7, 11) is 0.